The average molecular weight is 1280 g/mol. The first-order valence-electron chi connectivity index (χ1n) is 29.2. The van der Waals surface area contributed by atoms with Gasteiger partial charge in [-0.15, -0.1) is 0 Å². The Kier molecular flexibility index (Phi) is 28.1. The van der Waals surface area contributed by atoms with Crippen molar-refractivity contribution in [3.8, 4) is 29.1 Å². The number of esters is 10. The van der Waals surface area contributed by atoms with Crippen LogP contribution in [0.2, 0.25) is 0 Å². The molecule has 478 valence electrons. The second-order valence-corrected chi connectivity index (χ2v) is 23.5. The quantitative estimate of drug-likeness (QED) is 0.0144. The summed E-state index contributed by atoms with van der Waals surface area (Å²) in [5.41, 5.74) is 1.42. The number of carbonyl (C=O) groups excluding carboxylic acids is 10. The van der Waals surface area contributed by atoms with Gasteiger partial charge in [0.2, 0.25) is 0 Å². The van der Waals surface area contributed by atoms with Gasteiger partial charge in [-0.1, -0.05) is 60.9 Å². The van der Waals surface area contributed by atoms with Gasteiger partial charge < -0.3 is 52.1 Å². The second-order valence-electron chi connectivity index (χ2n) is 21.2. The zero-order valence-electron chi connectivity index (χ0n) is 50.1. The second kappa shape index (κ2) is 36.0. The average Bonchev–Trinajstić information content (AvgIpc) is 1.87. The lowest BCUT2D eigenvalue weighted by molar-refractivity contribution is -0.157. The number of ether oxygens (including phenoxy) is 11. The minimum Gasteiger partial charge on any atom is -0.465 e. The van der Waals surface area contributed by atoms with Gasteiger partial charge in [-0.3, -0.25) is 38.4 Å². The number of thioether (sulfide) groups is 2. The molecule has 23 nitrogen and oxygen atoms in total. The molecule has 1 aliphatic heterocycles. The number of benzene rings is 3. The maximum Gasteiger partial charge on any atom is 0.330 e. The van der Waals surface area contributed by atoms with Crippen LogP contribution in [-0.2, 0) is 93.9 Å². The van der Waals surface area contributed by atoms with Crippen molar-refractivity contribution in [2.75, 3.05) is 33.0 Å². The molecule has 90 heavy (non-hydrogen) atoms. The fraction of sp³-hybridized carbons (Fsp3) is 0.446. The maximum absolute atomic E-state index is 13.7. The minimum absolute atomic E-state index is 0.0117. The lowest BCUT2D eigenvalue weighted by Crippen LogP contribution is -2.30. The highest BCUT2D eigenvalue weighted by atomic mass is 32.2. The molecule has 2 aliphatic carbocycles. The van der Waals surface area contributed by atoms with Crippen LogP contribution in [0.3, 0.4) is 0 Å². The summed E-state index contributed by atoms with van der Waals surface area (Å²) in [5.74, 6) is -6.69. The van der Waals surface area contributed by atoms with E-state index in [0.29, 0.717) is 89.7 Å². The third-order valence-corrected chi connectivity index (χ3v) is 16.8. The van der Waals surface area contributed by atoms with Gasteiger partial charge in [0, 0.05) is 25.0 Å². The van der Waals surface area contributed by atoms with Crippen molar-refractivity contribution in [3.05, 3.63) is 118 Å². The smallest absolute Gasteiger partial charge is 0.330 e. The molecule has 0 bridgehead atoms. The van der Waals surface area contributed by atoms with Crippen LogP contribution in [0.5, 0.6) is 23.0 Å². The number of nitriles is 1. The highest BCUT2D eigenvalue weighted by Crippen LogP contribution is 2.59. The van der Waals surface area contributed by atoms with E-state index in [-0.39, 0.29) is 75.9 Å². The molecule has 3 aliphatic rings. The molecule has 0 N–H and O–H groups in total. The summed E-state index contributed by atoms with van der Waals surface area (Å²) in [6, 6.07) is 18.3. The molecule has 6 rings (SSSR count). The normalized spacial score (nSPS) is 18.1. The highest BCUT2D eigenvalue weighted by Gasteiger charge is 2.37. The third-order valence-electron chi connectivity index (χ3n) is 14.2. The first-order valence-corrected chi connectivity index (χ1v) is 30.9. The molecule has 0 spiro atoms. The van der Waals surface area contributed by atoms with Crippen molar-refractivity contribution >= 4 is 83.2 Å². The Labute approximate surface area is 529 Å². The molecule has 3 aromatic rings. The van der Waals surface area contributed by atoms with Crippen molar-refractivity contribution in [2.24, 2.45) is 23.7 Å². The number of allylic oxidation sites excluding steroid dienone is 1. The summed E-state index contributed by atoms with van der Waals surface area (Å²) in [5, 5.41) is 9.72. The molecular weight excluding hydrogens is 1210 g/mol. The third kappa shape index (κ3) is 23.0. The summed E-state index contributed by atoms with van der Waals surface area (Å²) < 4.78 is 59.7. The summed E-state index contributed by atoms with van der Waals surface area (Å²) in [6.07, 6.45) is 3.19. The van der Waals surface area contributed by atoms with E-state index in [2.05, 4.69) is 18.0 Å². The largest absolute Gasteiger partial charge is 0.465 e. The lowest BCUT2D eigenvalue weighted by atomic mass is 9.82. The standard InChI is InChI=1S/C65H70N2O21S2/c1-7-53(68)80-36-39(3)83-40(4)37-82-57(72)28-27-55(70)78-33-31-42-9-21-48(22-10-42)85-61(74)44-13-17-46(18-14-44)63(76)87-51-25-26-52(60-59(51)89-65(90-60)50(35-66)67-6)88-64(77)47-19-15-45(16-20-47)62(75)86-49-23-11-43(12-24-49)32-34-79-56(71)29-30-58(73)84-41(5)38-81-54(69)8-2/h7-12,21-26,39-41,44-47H,1-2,13-20,27-34,36-38H2,3-5H3/b65-50-. The van der Waals surface area contributed by atoms with E-state index < -0.39 is 102 Å². The monoisotopic (exact) mass is 1280 g/mol. The SMILES string of the molecule is [C-]#[N+]/C(C#N)=C1/Sc2c(OC(=O)C3CCC(C(=O)Oc4ccc(CCOC(=O)CCC(=O)OCC(C)OC(C)COC(=O)C=C)cc4)CC3)ccc(OC(=O)C3CCC(C(=O)Oc4ccc(CCOC(=O)CCC(=O)OC(C)COC(=O)C=C)cc4)CC3)c2S1. The maximum atomic E-state index is 13.7. The van der Waals surface area contributed by atoms with Gasteiger partial charge in [0.25, 0.3) is 5.70 Å². The van der Waals surface area contributed by atoms with Gasteiger partial charge in [-0.05, 0) is 120 Å². The summed E-state index contributed by atoms with van der Waals surface area (Å²) in [7, 11) is 0. The van der Waals surface area contributed by atoms with E-state index >= 15 is 0 Å². The fourth-order valence-corrected chi connectivity index (χ4v) is 11.8. The summed E-state index contributed by atoms with van der Waals surface area (Å²) in [6.45, 7) is 19.0. The predicted octanol–water partition coefficient (Wildman–Crippen LogP) is 9.59. The molecule has 3 aromatic carbocycles. The molecule has 0 saturated heterocycles. The first-order chi connectivity index (χ1) is 43.2. The van der Waals surface area contributed by atoms with Crippen molar-refractivity contribution in [1.82, 2.24) is 0 Å². The Morgan fingerprint density at radius 1 is 0.522 bits per heavy atom. The van der Waals surface area contributed by atoms with Crippen molar-refractivity contribution in [2.45, 2.75) is 139 Å². The van der Waals surface area contributed by atoms with Crippen LogP contribution in [0.4, 0.5) is 0 Å². The van der Waals surface area contributed by atoms with Gasteiger partial charge in [-0.25, -0.2) is 19.7 Å². The van der Waals surface area contributed by atoms with Gasteiger partial charge in [0.05, 0.1) is 101 Å². The van der Waals surface area contributed by atoms with Crippen LogP contribution < -0.4 is 18.9 Å². The number of carbonyl (C=O) groups is 10. The van der Waals surface area contributed by atoms with E-state index in [1.165, 1.54) is 12.1 Å². The van der Waals surface area contributed by atoms with Crippen molar-refractivity contribution in [1.29, 1.82) is 5.26 Å². The number of fused-ring (bicyclic) bond motifs is 1. The van der Waals surface area contributed by atoms with E-state index in [9.17, 15) is 53.2 Å². The van der Waals surface area contributed by atoms with Crippen LogP contribution >= 0.6 is 23.5 Å². The topological polar surface area (TPSA) is 300 Å². The summed E-state index contributed by atoms with van der Waals surface area (Å²) >= 11 is 2.11. The molecule has 1 heterocycles. The number of rotatable bonds is 31. The molecule has 25 heteroatoms. The van der Waals surface area contributed by atoms with E-state index in [1.807, 2.05) is 6.07 Å². The van der Waals surface area contributed by atoms with E-state index in [4.69, 9.17) is 58.7 Å². The number of nitrogens with zero attached hydrogens (tertiary/aromatic N) is 2. The highest BCUT2D eigenvalue weighted by molar-refractivity contribution is 8.24. The first kappa shape index (κ1) is 70.3. The van der Waals surface area contributed by atoms with Gasteiger partial charge in [0.15, 0.2) is 0 Å². The summed E-state index contributed by atoms with van der Waals surface area (Å²) in [4.78, 5) is 129. The van der Waals surface area contributed by atoms with Crippen LogP contribution in [0, 0.1) is 41.6 Å². The molecule has 0 amide bonds. The zero-order chi connectivity index (χ0) is 65.1. The molecule has 0 radical (unpaired) electrons. The molecule has 2 fully saturated rings. The van der Waals surface area contributed by atoms with Crippen LogP contribution in [0.15, 0.2) is 106 Å². The van der Waals surface area contributed by atoms with Gasteiger partial charge >= 0.3 is 59.7 Å². The molecule has 0 aromatic heterocycles. The Morgan fingerprint density at radius 2 is 0.878 bits per heavy atom. The molecular formula is C65H70N2O21S2. The fourth-order valence-electron chi connectivity index (χ4n) is 9.37. The van der Waals surface area contributed by atoms with Gasteiger partial charge in [0.1, 0.15) is 48.9 Å². The predicted molar refractivity (Wildman–Crippen MR) is 320 cm³/mol. The Bertz CT molecular complexity index is 3210. The Hall–Kier alpha value is -8.78. The van der Waals surface area contributed by atoms with E-state index in [0.717, 1.165) is 46.8 Å². The molecule has 3 unspecified atom stereocenters. The minimum atomic E-state index is -0.699. The lowest BCUT2D eigenvalue weighted by Gasteiger charge is -2.26. The van der Waals surface area contributed by atoms with Crippen molar-refractivity contribution in [3.63, 3.8) is 0 Å². The van der Waals surface area contributed by atoms with Crippen molar-refractivity contribution < 1.29 is 100 Å². The van der Waals surface area contributed by atoms with Crippen LogP contribution in [0.1, 0.15) is 109 Å². The van der Waals surface area contributed by atoms with E-state index in [1.54, 1.807) is 69.3 Å². The number of hydrogen-bond donors (Lipinski definition) is 0. The van der Waals surface area contributed by atoms with Gasteiger partial charge in [-0.2, -0.15) is 0 Å². The Morgan fingerprint density at radius 3 is 1.26 bits per heavy atom. The molecule has 3 atom stereocenters. The zero-order valence-corrected chi connectivity index (χ0v) is 51.7. The molecule has 2 saturated carbocycles. The Balaban J connectivity index is 0.885. The number of hydrogen-bond acceptors (Lipinski definition) is 24. The van der Waals surface area contributed by atoms with Crippen LogP contribution in [-0.4, -0.2) is 111 Å². The van der Waals surface area contributed by atoms with Crippen LogP contribution in [0.25, 0.3) is 4.85 Å².